The number of aryl methyl sites for hydroxylation is 2. The molecule has 0 aliphatic rings. The van der Waals surface area contributed by atoms with Crippen molar-refractivity contribution in [1.29, 1.82) is 0 Å². The summed E-state index contributed by atoms with van der Waals surface area (Å²) >= 11 is 0. The van der Waals surface area contributed by atoms with Crippen LogP contribution in [0.5, 0.6) is 0 Å². The molecule has 0 fully saturated rings. The number of rotatable bonds is 4. The molecule has 0 spiro atoms. The van der Waals surface area contributed by atoms with Gasteiger partial charge < -0.3 is 4.74 Å². The van der Waals surface area contributed by atoms with Gasteiger partial charge in [-0.3, -0.25) is 9.69 Å². The van der Waals surface area contributed by atoms with E-state index in [1.54, 1.807) is 17.9 Å². The first-order chi connectivity index (χ1) is 13.0. The lowest BCUT2D eigenvalue weighted by Crippen LogP contribution is -2.45. The van der Waals surface area contributed by atoms with E-state index >= 15 is 0 Å². The lowest BCUT2D eigenvalue weighted by atomic mass is 10.0. The van der Waals surface area contributed by atoms with Crippen molar-refractivity contribution < 1.29 is 14.3 Å². The number of fused-ring (bicyclic) bond motifs is 1. The molecule has 1 amide bonds. The molecule has 0 aromatic heterocycles. The predicted molar refractivity (Wildman–Crippen MR) is 108 cm³/mol. The number of hydrogen-bond acceptors (Lipinski definition) is 3. The zero-order valence-corrected chi connectivity index (χ0v) is 16.0. The number of carbonyl (C=O) groups excluding carboxylic acids is 2. The van der Waals surface area contributed by atoms with Crippen LogP contribution in [0.4, 0.5) is 5.69 Å². The van der Waals surface area contributed by atoms with Crippen LogP contribution in [-0.2, 0) is 9.53 Å². The third kappa shape index (κ3) is 3.43. The standard InChI is InChI=1S/C23H23NO3/c1-15-9-7-10-16(2)21(15)24(17(3)23(26)27-4)22(25)20-14-8-12-18-11-5-6-13-19(18)20/h5-14,17H,1-4H3/t17-/m0/s1. The summed E-state index contributed by atoms with van der Waals surface area (Å²) in [7, 11) is 1.34. The van der Waals surface area contributed by atoms with Crippen molar-refractivity contribution >= 4 is 28.3 Å². The van der Waals surface area contributed by atoms with E-state index in [4.69, 9.17) is 4.74 Å². The Balaban J connectivity index is 2.21. The van der Waals surface area contributed by atoms with Crippen LogP contribution in [0.25, 0.3) is 10.8 Å². The molecule has 0 saturated carbocycles. The highest BCUT2D eigenvalue weighted by Gasteiger charge is 2.31. The molecule has 4 nitrogen and oxygen atoms in total. The zero-order chi connectivity index (χ0) is 19.6. The molecule has 3 aromatic carbocycles. The highest BCUT2D eigenvalue weighted by Crippen LogP contribution is 2.30. The lowest BCUT2D eigenvalue weighted by Gasteiger charge is -2.30. The third-order valence-electron chi connectivity index (χ3n) is 4.85. The van der Waals surface area contributed by atoms with Crippen molar-refractivity contribution in [2.75, 3.05) is 12.0 Å². The van der Waals surface area contributed by atoms with Crippen LogP contribution in [0, 0.1) is 13.8 Å². The van der Waals surface area contributed by atoms with Gasteiger partial charge in [0.25, 0.3) is 5.91 Å². The van der Waals surface area contributed by atoms with E-state index in [1.807, 2.05) is 68.4 Å². The molecular weight excluding hydrogens is 338 g/mol. The molecule has 0 radical (unpaired) electrons. The summed E-state index contributed by atoms with van der Waals surface area (Å²) in [6, 6.07) is 18.5. The zero-order valence-electron chi connectivity index (χ0n) is 16.0. The number of ether oxygens (including phenoxy) is 1. The topological polar surface area (TPSA) is 46.6 Å². The van der Waals surface area contributed by atoms with Crippen LogP contribution < -0.4 is 4.90 Å². The first-order valence-electron chi connectivity index (χ1n) is 8.91. The predicted octanol–water partition coefficient (Wildman–Crippen LogP) is 4.66. The largest absolute Gasteiger partial charge is 0.467 e. The Hall–Kier alpha value is -3.14. The van der Waals surface area contributed by atoms with Crippen LogP contribution in [0.3, 0.4) is 0 Å². The Morgan fingerprint density at radius 1 is 0.889 bits per heavy atom. The van der Waals surface area contributed by atoms with Crippen LogP contribution >= 0.6 is 0 Å². The molecule has 0 unspecified atom stereocenters. The summed E-state index contributed by atoms with van der Waals surface area (Å²) in [6.45, 7) is 5.58. The van der Waals surface area contributed by atoms with E-state index in [9.17, 15) is 9.59 Å². The molecule has 27 heavy (non-hydrogen) atoms. The molecule has 0 aliphatic heterocycles. The Kier molecular flexibility index (Phi) is 5.26. The molecule has 3 rings (SSSR count). The van der Waals surface area contributed by atoms with E-state index in [0.717, 1.165) is 27.6 Å². The van der Waals surface area contributed by atoms with Gasteiger partial charge in [-0.25, -0.2) is 4.79 Å². The van der Waals surface area contributed by atoms with Gasteiger partial charge in [-0.05, 0) is 48.7 Å². The summed E-state index contributed by atoms with van der Waals surface area (Å²) in [4.78, 5) is 27.5. The van der Waals surface area contributed by atoms with Crippen LogP contribution in [0.2, 0.25) is 0 Å². The fraction of sp³-hybridized carbons (Fsp3) is 0.217. The average Bonchev–Trinajstić information content (AvgIpc) is 2.68. The molecule has 3 aromatic rings. The fourth-order valence-corrected chi connectivity index (χ4v) is 3.47. The van der Waals surface area contributed by atoms with E-state index < -0.39 is 12.0 Å². The summed E-state index contributed by atoms with van der Waals surface area (Å²) in [6.07, 6.45) is 0. The van der Waals surface area contributed by atoms with E-state index in [-0.39, 0.29) is 5.91 Å². The molecule has 0 N–H and O–H groups in total. The van der Waals surface area contributed by atoms with Crippen LogP contribution in [0.1, 0.15) is 28.4 Å². The van der Waals surface area contributed by atoms with Crippen LogP contribution in [0.15, 0.2) is 60.7 Å². The Morgan fingerprint density at radius 3 is 2.15 bits per heavy atom. The van der Waals surface area contributed by atoms with Crippen LogP contribution in [-0.4, -0.2) is 25.0 Å². The van der Waals surface area contributed by atoms with Crippen molar-refractivity contribution in [1.82, 2.24) is 0 Å². The number of hydrogen-bond donors (Lipinski definition) is 0. The van der Waals surface area contributed by atoms with Crippen molar-refractivity contribution in [3.63, 3.8) is 0 Å². The molecule has 0 heterocycles. The highest BCUT2D eigenvalue weighted by atomic mass is 16.5. The number of esters is 1. The second-order valence-corrected chi connectivity index (χ2v) is 6.64. The van der Waals surface area contributed by atoms with E-state index in [0.29, 0.717) is 5.56 Å². The van der Waals surface area contributed by atoms with Crippen molar-refractivity contribution in [3.05, 3.63) is 77.4 Å². The first kappa shape index (κ1) is 18.6. The summed E-state index contributed by atoms with van der Waals surface area (Å²) in [5.74, 6) is -0.673. The Labute approximate surface area is 159 Å². The number of anilines is 1. The minimum Gasteiger partial charge on any atom is -0.467 e. The monoisotopic (exact) mass is 361 g/mol. The maximum atomic E-state index is 13.6. The number of carbonyl (C=O) groups is 2. The van der Waals surface area contributed by atoms with Gasteiger partial charge in [0.1, 0.15) is 6.04 Å². The van der Waals surface area contributed by atoms with Gasteiger partial charge >= 0.3 is 5.97 Å². The summed E-state index contributed by atoms with van der Waals surface area (Å²) in [5, 5.41) is 1.84. The molecule has 0 aliphatic carbocycles. The van der Waals surface area contributed by atoms with Gasteiger partial charge in [-0.2, -0.15) is 0 Å². The molecule has 4 heteroatoms. The molecule has 0 saturated heterocycles. The van der Waals surface area contributed by atoms with E-state index in [1.165, 1.54) is 7.11 Å². The second kappa shape index (κ2) is 7.62. The maximum Gasteiger partial charge on any atom is 0.328 e. The number of methoxy groups -OCH3 is 1. The maximum absolute atomic E-state index is 13.6. The number of benzene rings is 3. The molecule has 1 atom stereocenters. The smallest absolute Gasteiger partial charge is 0.328 e. The first-order valence-corrected chi connectivity index (χ1v) is 8.91. The van der Waals surface area contributed by atoms with Gasteiger partial charge in [-0.15, -0.1) is 0 Å². The lowest BCUT2D eigenvalue weighted by molar-refractivity contribution is -0.141. The third-order valence-corrected chi connectivity index (χ3v) is 4.85. The molecular formula is C23H23NO3. The highest BCUT2D eigenvalue weighted by molar-refractivity contribution is 6.16. The Bertz CT molecular complexity index is 984. The molecule has 138 valence electrons. The fourth-order valence-electron chi connectivity index (χ4n) is 3.47. The Morgan fingerprint density at radius 2 is 1.48 bits per heavy atom. The van der Waals surface area contributed by atoms with Gasteiger partial charge in [-0.1, -0.05) is 54.6 Å². The summed E-state index contributed by atoms with van der Waals surface area (Å²) < 4.78 is 4.93. The van der Waals surface area contributed by atoms with Gasteiger partial charge in [0, 0.05) is 5.56 Å². The molecule has 0 bridgehead atoms. The average molecular weight is 361 g/mol. The minimum atomic E-state index is -0.749. The van der Waals surface area contributed by atoms with Crippen molar-refractivity contribution in [3.8, 4) is 0 Å². The number of amides is 1. The van der Waals surface area contributed by atoms with Crippen molar-refractivity contribution in [2.45, 2.75) is 26.8 Å². The second-order valence-electron chi connectivity index (χ2n) is 6.64. The number of para-hydroxylation sites is 1. The normalized spacial score (nSPS) is 11.9. The van der Waals surface area contributed by atoms with Gasteiger partial charge in [0.15, 0.2) is 0 Å². The SMILES string of the molecule is COC(=O)[C@H](C)N(C(=O)c1cccc2ccccc12)c1c(C)cccc1C. The van der Waals surface area contributed by atoms with Gasteiger partial charge in [0.2, 0.25) is 0 Å². The number of nitrogens with zero attached hydrogens (tertiary/aromatic N) is 1. The van der Waals surface area contributed by atoms with Crippen molar-refractivity contribution in [2.24, 2.45) is 0 Å². The minimum absolute atomic E-state index is 0.220. The van der Waals surface area contributed by atoms with E-state index in [2.05, 4.69) is 0 Å². The quantitative estimate of drug-likeness (QED) is 0.635. The van der Waals surface area contributed by atoms with Gasteiger partial charge in [0.05, 0.1) is 12.8 Å². The summed E-state index contributed by atoms with van der Waals surface area (Å²) in [5.41, 5.74) is 3.17.